The molecule has 1 saturated heterocycles. The third-order valence-corrected chi connectivity index (χ3v) is 5.80. The molecule has 1 heterocycles. The van der Waals surface area contributed by atoms with Gasteiger partial charge in [0.2, 0.25) is 15.9 Å². The molecule has 1 amide bonds. The first-order valence-electron chi connectivity index (χ1n) is 7.20. The van der Waals surface area contributed by atoms with E-state index in [0.717, 1.165) is 25.5 Å². The van der Waals surface area contributed by atoms with Crippen molar-refractivity contribution in [2.45, 2.75) is 44.6 Å². The van der Waals surface area contributed by atoms with Crippen LogP contribution in [0.25, 0.3) is 0 Å². The molecule has 0 aromatic carbocycles. The van der Waals surface area contributed by atoms with Crippen LogP contribution in [0.4, 0.5) is 0 Å². The number of carbonyl (C=O) groups excluding carboxylic acids is 1. The fraction of sp³-hybridized carbons (Fsp3) is 0.846. The second kappa shape index (κ2) is 5.92. The maximum absolute atomic E-state index is 12.2. The van der Waals surface area contributed by atoms with Crippen molar-refractivity contribution in [3.63, 3.8) is 0 Å². The highest BCUT2D eigenvalue weighted by molar-refractivity contribution is 7.88. The van der Waals surface area contributed by atoms with Crippen LogP contribution < -0.4 is 5.32 Å². The van der Waals surface area contributed by atoms with Crippen LogP contribution >= 0.6 is 0 Å². The number of carbonyl (C=O) groups is 2. The largest absolute Gasteiger partial charge is 0.481 e. The lowest BCUT2D eigenvalue weighted by Crippen LogP contribution is -2.50. The zero-order valence-corrected chi connectivity index (χ0v) is 13.0. The summed E-state index contributed by atoms with van der Waals surface area (Å²) in [6.07, 6.45) is 4.91. The number of nitrogens with one attached hydrogen (secondary N) is 1. The van der Waals surface area contributed by atoms with Crippen molar-refractivity contribution >= 4 is 21.9 Å². The average Bonchev–Trinajstić information content (AvgIpc) is 2.80. The molecule has 7 nitrogen and oxygen atoms in total. The second-order valence-electron chi connectivity index (χ2n) is 6.17. The van der Waals surface area contributed by atoms with Gasteiger partial charge >= 0.3 is 5.97 Å². The Balaban J connectivity index is 1.94. The molecule has 0 bridgehead atoms. The molecule has 1 aliphatic heterocycles. The normalized spacial score (nSPS) is 25.3. The van der Waals surface area contributed by atoms with E-state index in [9.17, 15) is 18.0 Å². The van der Waals surface area contributed by atoms with Crippen LogP contribution in [0.1, 0.15) is 38.5 Å². The molecule has 1 unspecified atom stereocenters. The number of hydrogen-bond acceptors (Lipinski definition) is 4. The Bertz CT molecular complexity index is 527. The minimum atomic E-state index is -3.38. The number of carboxylic acids is 1. The highest BCUT2D eigenvalue weighted by atomic mass is 32.2. The minimum absolute atomic E-state index is 0.0493. The lowest BCUT2D eigenvalue weighted by Gasteiger charge is -2.41. The highest BCUT2D eigenvalue weighted by Gasteiger charge is 2.41. The summed E-state index contributed by atoms with van der Waals surface area (Å²) >= 11 is 0. The fourth-order valence-corrected chi connectivity index (χ4v) is 4.33. The fourth-order valence-electron chi connectivity index (χ4n) is 3.21. The van der Waals surface area contributed by atoms with E-state index in [1.165, 1.54) is 4.31 Å². The molecule has 0 aromatic heterocycles. The van der Waals surface area contributed by atoms with Gasteiger partial charge in [-0.05, 0) is 31.1 Å². The molecule has 2 aliphatic rings. The van der Waals surface area contributed by atoms with Gasteiger partial charge in [0.05, 0.1) is 12.7 Å². The number of aliphatic carboxylic acids is 1. The van der Waals surface area contributed by atoms with Crippen molar-refractivity contribution in [2.75, 3.05) is 19.3 Å². The van der Waals surface area contributed by atoms with Gasteiger partial charge in [-0.15, -0.1) is 0 Å². The van der Waals surface area contributed by atoms with Crippen LogP contribution in [0.15, 0.2) is 0 Å². The van der Waals surface area contributed by atoms with Crippen molar-refractivity contribution < 1.29 is 23.1 Å². The van der Waals surface area contributed by atoms with Gasteiger partial charge in [-0.3, -0.25) is 9.59 Å². The van der Waals surface area contributed by atoms with Gasteiger partial charge in [0, 0.05) is 13.1 Å². The Morgan fingerprint density at radius 1 is 1.33 bits per heavy atom. The van der Waals surface area contributed by atoms with Gasteiger partial charge in [-0.2, -0.15) is 4.31 Å². The quantitative estimate of drug-likeness (QED) is 0.726. The second-order valence-corrected chi connectivity index (χ2v) is 8.11. The van der Waals surface area contributed by atoms with Crippen LogP contribution in [-0.2, 0) is 19.6 Å². The SMILES string of the molecule is CS(=O)(=O)N1CCCC1C(=O)NCC1(CC(=O)O)CCC1. The molecule has 1 aliphatic carbocycles. The molecule has 2 N–H and O–H groups in total. The summed E-state index contributed by atoms with van der Waals surface area (Å²) in [6.45, 7) is 0.684. The molecule has 0 aromatic rings. The molecule has 1 saturated carbocycles. The van der Waals surface area contributed by atoms with E-state index in [4.69, 9.17) is 5.11 Å². The number of hydrogen-bond donors (Lipinski definition) is 2. The third-order valence-electron chi connectivity index (χ3n) is 4.51. The van der Waals surface area contributed by atoms with Gasteiger partial charge in [0.1, 0.15) is 6.04 Å². The van der Waals surface area contributed by atoms with Gasteiger partial charge < -0.3 is 10.4 Å². The first kappa shape index (κ1) is 16.2. The molecule has 0 spiro atoms. The van der Waals surface area contributed by atoms with Crippen LogP contribution in [0.2, 0.25) is 0 Å². The van der Waals surface area contributed by atoms with Crippen molar-refractivity contribution in [3.05, 3.63) is 0 Å². The van der Waals surface area contributed by atoms with Crippen LogP contribution in [0.5, 0.6) is 0 Å². The predicted molar refractivity (Wildman–Crippen MR) is 76.1 cm³/mol. The Morgan fingerprint density at radius 2 is 2.00 bits per heavy atom. The smallest absolute Gasteiger partial charge is 0.303 e. The van der Waals surface area contributed by atoms with Crippen molar-refractivity contribution in [1.82, 2.24) is 9.62 Å². The van der Waals surface area contributed by atoms with E-state index in [2.05, 4.69) is 5.32 Å². The lowest BCUT2D eigenvalue weighted by molar-refractivity contribution is -0.142. The Labute approximate surface area is 124 Å². The van der Waals surface area contributed by atoms with Gasteiger partial charge in [0.15, 0.2) is 0 Å². The van der Waals surface area contributed by atoms with Gasteiger partial charge in [0.25, 0.3) is 0 Å². The predicted octanol–water partition coefficient (Wildman–Crippen LogP) is 0.172. The van der Waals surface area contributed by atoms with Crippen molar-refractivity contribution in [1.29, 1.82) is 0 Å². The molecule has 120 valence electrons. The van der Waals surface area contributed by atoms with Gasteiger partial charge in [-0.1, -0.05) is 6.42 Å². The zero-order chi connectivity index (χ0) is 15.7. The standard InChI is InChI=1S/C13H22N2O5S/c1-21(19,20)15-7-2-4-10(15)12(18)14-9-13(5-3-6-13)8-11(16)17/h10H,2-9H2,1H3,(H,14,18)(H,16,17). The maximum atomic E-state index is 12.2. The van der Waals surface area contributed by atoms with Gasteiger partial charge in [-0.25, -0.2) is 8.42 Å². The van der Waals surface area contributed by atoms with Crippen LogP contribution in [0.3, 0.4) is 0 Å². The Hall–Kier alpha value is -1.15. The number of rotatable bonds is 6. The van der Waals surface area contributed by atoms with Crippen molar-refractivity contribution in [3.8, 4) is 0 Å². The maximum Gasteiger partial charge on any atom is 0.303 e. The number of sulfonamides is 1. The Morgan fingerprint density at radius 3 is 2.48 bits per heavy atom. The number of carboxylic acid groups (broad SMARTS) is 1. The highest BCUT2D eigenvalue weighted by Crippen LogP contribution is 2.43. The summed E-state index contributed by atoms with van der Waals surface area (Å²) in [7, 11) is -3.38. The molecule has 2 fully saturated rings. The van der Waals surface area contributed by atoms with E-state index in [0.29, 0.717) is 25.9 Å². The number of nitrogens with zero attached hydrogens (tertiary/aromatic N) is 1. The van der Waals surface area contributed by atoms with E-state index < -0.39 is 22.0 Å². The Kier molecular flexibility index (Phi) is 4.57. The first-order chi connectivity index (χ1) is 9.73. The number of amides is 1. The van der Waals surface area contributed by atoms with E-state index in [1.54, 1.807) is 0 Å². The third kappa shape index (κ3) is 3.74. The van der Waals surface area contributed by atoms with E-state index >= 15 is 0 Å². The molecule has 1 atom stereocenters. The molecule has 8 heteroatoms. The topological polar surface area (TPSA) is 104 Å². The van der Waals surface area contributed by atoms with E-state index in [-0.39, 0.29) is 17.7 Å². The average molecular weight is 318 g/mol. The molecule has 0 radical (unpaired) electrons. The summed E-state index contributed by atoms with van der Waals surface area (Å²) in [5, 5.41) is 11.7. The molecular formula is C13H22N2O5S. The summed E-state index contributed by atoms with van der Waals surface area (Å²) < 4.78 is 24.5. The molecule has 21 heavy (non-hydrogen) atoms. The minimum Gasteiger partial charge on any atom is -0.481 e. The summed E-state index contributed by atoms with van der Waals surface area (Å²) in [5.74, 6) is -1.17. The van der Waals surface area contributed by atoms with Crippen molar-refractivity contribution in [2.24, 2.45) is 5.41 Å². The summed E-state index contributed by atoms with van der Waals surface area (Å²) in [6, 6.07) is -0.651. The van der Waals surface area contributed by atoms with Crippen LogP contribution in [0, 0.1) is 5.41 Å². The van der Waals surface area contributed by atoms with Crippen LogP contribution in [-0.4, -0.2) is 55.1 Å². The monoisotopic (exact) mass is 318 g/mol. The van der Waals surface area contributed by atoms with E-state index in [1.807, 2.05) is 0 Å². The molecular weight excluding hydrogens is 296 g/mol. The lowest BCUT2D eigenvalue weighted by atomic mass is 9.66. The first-order valence-corrected chi connectivity index (χ1v) is 9.05. The summed E-state index contributed by atoms with van der Waals surface area (Å²) in [4.78, 5) is 23.1. The molecule has 2 rings (SSSR count). The summed E-state index contributed by atoms with van der Waals surface area (Å²) in [5.41, 5.74) is -0.351. The zero-order valence-electron chi connectivity index (χ0n) is 12.2.